The second-order valence-corrected chi connectivity index (χ2v) is 5.15. The first-order chi connectivity index (χ1) is 9.72. The van der Waals surface area contributed by atoms with Crippen molar-refractivity contribution in [1.82, 2.24) is 4.98 Å². The molecule has 1 unspecified atom stereocenters. The van der Waals surface area contributed by atoms with Crippen molar-refractivity contribution in [3.8, 4) is 0 Å². The van der Waals surface area contributed by atoms with Crippen molar-refractivity contribution in [3.63, 3.8) is 0 Å². The SMILES string of the molecule is CCOC(=O)C(Sc1ncccc1N)c1ccccc1. The van der Waals surface area contributed by atoms with E-state index < -0.39 is 5.25 Å². The zero-order chi connectivity index (χ0) is 14.4. The number of carbonyl (C=O) groups excluding carboxylic acids is 1. The summed E-state index contributed by atoms with van der Waals surface area (Å²) in [6.45, 7) is 2.14. The van der Waals surface area contributed by atoms with Crippen molar-refractivity contribution in [3.05, 3.63) is 54.2 Å². The minimum Gasteiger partial charge on any atom is -0.465 e. The van der Waals surface area contributed by atoms with Crippen molar-refractivity contribution in [1.29, 1.82) is 0 Å². The maximum atomic E-state index is 12.1. The number of carbonyl (C=O) groups is 1. The molecular formula is C15H16N2O2S. The summed E-state index contributed by atoms with van der Waals surface area (Å²) < 4.78 is 5.14. The second kappa shape index (κ2) is 6.96. The first-order valence-corrected chi connectivity index (χ1v) is 7.19. The van der Waals surface area contributed by atoms with Crippen LogP contribution in [0.4, 0.5) is 5.69 Å². The molecule has 20 heavy (non-hydrogen) atoms. The number of rotatable bonds is 5. The smallest absolute Gasteiger partial charge is 0.324 e. The lowest BCUT2D eigenvalue weighted by Gasteiger charge is -2.15. The van der Waals surface area contributed by atoms with Gasteiger partial charge in [-0.2, -0.15) is 0 Å². The first kappa shape index (κ1) is 14.4. The molecule has 0 bridgehead atoms. The van der Waals surface area contributed by atoms with E-state index in [1.165, 1.54) is 11.8 Å². The van der Waals surface area contributed by atoms with Gasteiger partial charge in [0, 0.05) is 6.20 Å². The molecule has 1 heterocycles. The van der Waals surface area contributed by atoms with Gasteiger partial charge in [0.1, 0.15) is 10.3 Å². The van der Waals surface area contributed by atoms with Gasteiger partial charge < -0.3 is 10.5 Å². The lowest BCUT2D eigenvalue weighted by atomic mass is 10.1. The lowest BCUT2D eigenvalue weighted by molar-refractivity contribution is -0.142. The highest BCUT2D eigenvalue weighted by Crippen LogP contribution is 2.37. The lowest BCUT2D eigenvalue weighted by Crippen LogP contribution is -2.13. The topological polar surface area (TPSA) is 65.2 Å². The van der Waals surface area contributed by atoms with Crippen LogP contribution in [0.15, 0.2) is 53.7 Å². The number of nitrogen functional groups attached to an aromatic ring is 1. The Morgan fingerprint density at radius 1 is 1.30 bits per heavy atom. The molecule has 0 saturated carbocycles. The third-order valence-corrected chi connectivity index (χ3v) is 3.90. The highest BCUT2D eigenvalue weighted by Gasteiger charge is 2.24. The zero-order valence-corrected chi connectivity index (χ0v) is 12.0. The van der Waals surface area contributed by atoms with E-state index in [4.69, 9.17) is 10.5 Å². The fourth-order valence-electron chi connectivity index (χ4n) is 1.71. The van der Waals surface area contributed by atoms with E-state index in [0.717, 1.165) is 5.56 Å². The average molecular weight is 288 g/mol. The molecule has 4 nitrogen and oxygen atoms in total. The molecule has 1 aromatic heterocycles. The number of benzene rings is 1. The molecular weight excluding hydrogens is 272 g/mol. The molecule has 2 aromatic rings. The Bertz CT molecular complexity index is 575. The standard InChI is InChI=1S/C15H16N2O2S/c1-2-19-15(18)13(11-7-4-3-5-8-11)20-14-12(16)9-6-10-17-14/h3-10,13H,2,16H2,1H3. The molecule has 0 amide bonds. The maximum absolute atomic E-state index is 12.1. The van der Waals surface area contributed by atoms with Crippen molar-refractivity contribution >= 4 is 23.4 Å². The summed E-state index contributed by atoms with van der Waals surface area (Å²) in [5, 5.41) is 0.169. The van der Waals surface area contributed by atoms with E-state index in [1.54, 1.807) is 25.3 Å². The molecule has 2 N–H and O–H groups in total. The minimum absolute atomic E-state index is 0.284. The monoisotopic (exact) mass is 288 g/mol. The quantitative estimate of drug-likeness (QED) is 0.676. The Morgan fingerprint density at radius 2 is 2.05 bits per heavy atom. The summed E-state index contributed by atoms with van der Waals surface area (Å²) in [4.78, 5) is 16.4. The van der Waals surface area contributed by atoms with Crippen LogP contribution in [0, 0.1) is 0 Å². The van der Waals surface area contributed by atoms with Crippen molar-refractivity contribution in [2.75, 3.05) is 12.3 Å². The minimum atomic E-state index is -0.464. The Morgan fingerprint density at radius 3 is 2.70 bits per heavy atom. The number of hydrogen-bond donors (Lipinski definition) is 1. The van der Waals surface area contributed by atoms with Gasteiger partial charge in [0.15, 0.2) is 0 Å². The molecule has 0 saturated heterocycles. The number of thioether (sulfide) groups is 1. The number of aromatic nitrogens is 1. The van der Waals surface area contributed by atoms with Gasteiger partial charge >= 0.3 is 5.97 Å². The molecule has 0 radical (unpaired) electrons. The molecule has 0 spiro atoms. The predicted octanol–water partition coefficient (Wildman–Crippen LogP) is 3.06. The summed E-state index contributed by atoms with van der Waals surface area (Å²) in [5.41, 5.74) is 7.32. The van der Waals surface area contributed by atoms with E-state index in [9.17, 15) is 4.79 Å². The molecule has 0 fully saturated rings. The van der Waals surface area contributed by atoms with Crippen LogP contribution in [0.3, 0.4) is 0 Å². The molecule has 0 aliphatic carbocycles. The van der Waals surface area contributed by atoms with Gasteiger partial charge in [-0.15, -0.1) is 0 Å². The predicted molar refractivity (Wildman–Crippen MR) is 80.3 cm³/mol. The molecule has 0 aliphatic heterocycles. The van der Waals surface area contributed by atoms with Crippen LogP contribution in [0.2, 0.25) is 0 Å². The van der Waals surface area contributed by atoms with Gasteiger partial charge in [0.05, 0.1) is 12.3 Å². The zero-order valence-electron chi connectivity index (χ0n) is 11.2. The van der Waals surface area contributed by atoms with Gasteiger partial charge in [-0.25, -0.2) is 4.98 Å². The van der Waals surface area contributed by atoms with Crippen molar-refractivity contribution < 1.29 is 9.53 Å². The van der Waals surface area contributed by atoms with E-state index in [-0.39, 0.29) is 5.97 Å². The third-order valence-electron chi connectivity index (χ3n) is 2.63. The van der Waals surface area contributed by atoms with Gasteiger partial charge in [-0.1, -0.05) is 42.1 Å². The van der Waals surface area contributed by atoms with Crippen LogP contribution in [-0.4, -0.2) is 17.6 Å². The third kappa shape index (κ3) is 3.51. The fraction of sp³-hybridized carbons (Fsp3) is 0.200. The van der Waals surface area contributed by atoms with E-state index in [1.807, 2.05) is 30.3 Å². The summed E-state index contributed by atoms with van der Waals surface area (Å²) in [6, 6.07) is 13.0. The molecule has 0 aliphatic rings. The number of pyridine rings is 1. The van der Waals surface area contributed by atoms with Crippen LogP contribution in [0.25, 0.3) is 0 Å². The summed E-state index contributed by atoms with van der Waals surface area (Å²) in [6.07, 6.45) is 1.66. The van der Waals surface area contributed by atoms with E-state index in [2.05, 4.69) is 4.98 Å². The molecule has 1 atom stereocenters. The van der Waals surface area contributed by atoms with Crippen LogP contribution < -0.4 is 5.73 Å². The largest absolute Gasteiger partial charge is 0.465 e. The average Bonchev–Trinajstić information content (AvgIpc) is 2.47. The molecule has 5 heteroatoms. The van der Waals surface area contributed by atoms with E-state index >= 15 is 0 Å². The normalized spacial score (nSPS) is 11.8. The van der Waals surface area contributed by atoms with Gasteiger partial charge in [-0.05, 0) is 24.6 Å². The molecule has 104 valence electrons. The number of esters is 1. The van der Waals surface area contributed by atoms with Crippen LogP contribution in [-0.2, 0) is 9.53 Å². The highest BCUT2D eigenvalue weighted by atomic mass is 32.2. The second-order valence-electron chi connectivity index (χ2n) is 4.06. The van der Waals surface area contributed by atoms with Crippen LogP contribution in [0.5, 0.6) is 0 Å². The highest BCUT2D eigenvalue weighted by molar-refractivity contribution is 8.00. The maximum Gasteiger partial charge on any atom is 0.324 e. The van der Waals surface area contributed by atoms with Crippen molar-refractivity contribution in [2.24, 2.45) is 0 Å². The summed E-state index contributed by atoms with van der Waals surface area (Å²) in [7, 11) is 0. The van der Waals surface area contributed by atoms with Gasteiger partial charge in [-0.3, -0.25) is 4.79 Å². The first-order valence-electron chi connectivity index (χ1n) is 6.31. The Balaban J connectivity index is 2.28. The Hall–Kier alpha value is -2.01. The van der Waals surface area contributed by atoms with Gasteiger partial charge in [0.2, 0.25) is 0 Å². The van der Waals surface area contributed by atoms with E-state index in [0.29, 0.717) is 17.3 Å². The summed E-state index contributed by atoms with van der Waals surface area (Å²) >= 11 is 1.31. The van der Waals surface area contributed by atoms with Crippen LogP contribution in [0.1, 0.15) is 17.7 Å². The summed E-state index contributed by atoms with van der Waals surface area (Å²) in [5.74, 6) is -0.284. The number of nitrogens with zero attached hydrogens (tertiary/aromatic N) is 1. The Labute approximate surface area is 122 Å². The fourth-order valence-corrected chi connectivity index (χ4v) is 2.72. The number of nitrogens with two attached hydrogens (primary N) is 1. The number of anilines is 1. The molecule has 2 rings (SSSR count). The Kier molecular flexibility index (Phi) is 5.01. The van der Waals surface area contributed by atoms with Gasteiger partial charge in [0.25, 0.3) is 0 Å². The molecule has 1 aromatic carbocycles. The van der Waals surface area contributed by atoms with Crippen LogP contribution >= 0.6 is 11.8 Å². The number of hydrogen-bond acceptors (Lipinski definition) is 5. The van der Waals surface area contributed by atoms with Crippen molar-refractivity contribution in [2.45, 2.75) is 17.2 Å². The number of ether oxygens (including phenoxy) is 1.